The maximum absolute atomic E-state index is 12.3. The van der Waals surface area contributed by atoms with Crippen molar-refractivity contribution in [1.29, 1.82) is 0 Å². The maximum atomic E-state index is 12.3. The summed E-state index contributed by atoms with van der Waals surface area (Å²) < 4.78 is 0. The molecule has 1 N–H and O–H groups in total. The van der Waals surface area contributed by atoms with Crippen molar-refractivity contribution in [3.63, 3.8) is 0 Å². The fourth-order valence-corrected chi connectivity index (χ4v) is 3.56. The van der Waals surface area contributed by atoms with Crippen molar-refractivity contribution < 1.29 is 19.3 Å². The minimum atomic E-state index is -0.626. The standard InChI is InChI=1S/C16H13ClN4O5S/c17-7-9-8-27-16(18-9)19-13(22)2-1-5-20-14(23)11-4-3-10(21(25)26)6-12(11)15(20)24/h3-4,6,8H,1-2,5,7H2,(H,18,19,22). The highest BCUT2D eigenvalue weighted by Gasteiger charge is 2.36. The summed E-state index contributed by atoms with van der Waals surface area (Å²) in [6, 6.07) is 3.56. The molecule has 0 radical (unpaired) electrons. The number of nitro groups is 1. The van der Waals surface area contributed by atoms with Gasteiger partial charge in [0.15, 0.2) is 5.13 Å². The van der Waals surface area contributed by atoms with Gasteiger partial charge >= 0.3 is 0 Å². The molecule has 0 saturated carbocycles. The van der Waals surface area contributed by atoms with E-state index in [1.165, 1.54) is 23.5 Å². The van der Waals surface area contributed by atoms with Gasteiger partial charge in [-0.3, -0.25) is 29.4 Å². The summed E-state index contributed by atoms with van der Waals surface area (Å²) in [5.41, 5.74) is 0.550. The Morgan fingerprint density at radius 1 is 1.30 bits per heavy atom. The summed E-state index contributed by atoms with van der Waals surface area (Å²) in [6.45, 7) is 0.0400. The normalized spacial score (nSPS) is 13.0. The van der Waals surface area contributed by atoms with Gasteiger partial charge in [0, 0.05) is 30.5 Å². The molecule has 0 bridgehead atoms. The molecule has 1 aromatic carbocycles. The number of rotatable bonds is 7. The Kier molecular flexibility index (Phi) is 5.47. The molecule has 0 spiro atoms. The molecular formula is C16H13ClN4O5S. The molecular weight excluding hydrogens is 396 g/mol. The first kappa shape index (κ1) is 18.9. The van der Waals surface area contributed by atoms with Crippen molar-refractivity contribution in [2.24, 2.45) is 0 Å². The van der Waals surface area contributed by atoms with E-state index in [9.17, 15) is 24.5 Å². The van der Waals surface area contributed by atoms with Gasteiger partial charge in [0.1, 0.15) is 0 Å². The van der Waals surface area contributed by atoms with Crippen LogP contribution in [-0.2, 0) is 10.7 Å². The van der Waals surface area contributed by atoms with E-state index in [2.05, 4.69) is 10.3 Å². The molecule has 140 valence electrons. The molecule has 1 aromatic heterocycles. The van der Waals surface area contributed by atoms with Gasteiger partial charge in [-0.05, 0) is 12.5 Å². The molecule has 0 atom stereocenters. The summed E-state index contributed by atoms with van der Waals surface area (Å²) in [5.74, 6) is -1.15. The average Bonchev–Trinajstić information content (AvgIpc) is 3.19. The second kappa shape index (κ2) is 7.80. The van der Waals surface area contributed by atoms with Gasteiger partial charge in [-0.1, -0.05) is 0 Å². The van der Waals surface area contributed by atoms with Crippen LogP contribution in [0, 0.1) is 10.1 Å². The van der Waals surface area contributed by atoms with Crippen LogP contribution in [0.3, 0.4) is 0 Å². The smallest absolute Gasteiger partial charge is 0.270 e. The summed E-state index contributed by atoms with van der Waals surface area (Å²) in [6.07, 6.45) is 0.344. The SMILES string of the molecule is O=C(CCCN1C(=O)c2ccc([N+](=O)[O-])cc2C1=O)Nc1nc(CCl)cs1. The van der Waals surface area contributed by atoms with Crippen LogP contribution in [0.2, 0.25) is 0 Å². The Labute approximate surface area is 162 Å². The largest absolute Gasteiger partial charge is 0.302 e. The molecule has 0 unspecified atom stereocenters. The van der Waals surface area contributed by atoms with Crippen molar-refractivity contribution in [2.75, 3.05) is 11.9 Å². The lowest BCUT2D eigenvalue weighted by Crippen LogP contribution is -2.31. The van der Waals surface area contributed by atoms with Gasteiger partial charge in [-0.25, -0.2) is 4.98 Å². The van der Waals surface area contributed by atoms with Gasteiger partial charge in [-0.15, -0.1) is 22.9 Å². The van der Waals surface area contributed by atoms with E-state index in [1.54, 1.807) is 5.38 Å². The third-order valence-corrected chi connectivity index (χ3v) is 4.97. The number of thiazole rings is 1. The molecule has 1 aliphatic rings. The number of aromatic nitrogens is 1. The Morgan fingerprint density at radius 2 is 2.04 bits per heavy atom. The van der Waals surface area contributed by atoms with Crippen LogP contribution < -0.4 is 5.32 Å². The number of hydrogen-bond acceptors (Lipinski definition) is 7. The van der Waals surface area contributed by atoms with Gasteiger partial charge in [0.05, 0.1) is 27.6 Å². The molecule has 3 rings (SSSR count). The van der Waals surface area contributed by atoms with Crippen molar-refractivity contribution in [2.45, 2.75) is 18.7 Å². The number of benzene rings is 1. The lowest BCUT2D eigenvalue weighted by Gasteiger charge is -2.13. The number of fused-ring (bicyclic) bond motifs is 1. The first-order valence-corrected chi connectivity index (χ1v) is 9.27. The second-order valence-electron chi connectivity index (χ2n) is 5.68. The lowest BCUT2D eigenvalue weighted by molar-refractivity contribution is -0.384. The Morgan fingerprint density at radius 3 is 2.70 bits per heavy atom. The molecule has 9 nitrogen and oxygen atoms in total. The molecule has 0 aliphatic carbocycles. The van der Waals surface area contributed by atoms with Gasteiger partial charge < -0.3 is 5.32 Å². The van der Waals surface area contributed by atoms with Crippen LogP contribution in [0.5, 0.6) is 0 Å². The average molecular weight is 409 g/mol. The number of hydrogen-bond donors (Lipinski definition) is 1. The number of carbonyl (C=O) groups excluding carboxylic acids is 3. The predicted octanol–water partition coefficient (Wildman–Crippen LogP) is 2.81. The van der Waals surface area contributed by atoms with E-state index >= 15 is 0 Å². The monoisotopic (exact) mass is 408 g/mol. The zero-order valence-electron chi connectivity index (χ0n) is 13.8. The summed E-state index contributed by atoms with van der Waals surface area (Å²) in [4.78, 5) is 51.9. The quantitative estimate of drug-likeness (QED) is 0.325. The number of imide groups is 1. The molecule has 11 heteroatoms. The van der Waals surface area contributed by atoms with Crippen molar-refractivity contribution in [1.82, 2.24) is 9.88 Å². The van der Waals surface area contributed by atoms with Crippen LogP contribution in [0.1, 0.15) is 39.3 Å². The third-order valence-electron chi connectivity index (χ3n) is 3.89. The Bertz CT molecular complexity index is 945. The second-order valence-corrected chi connectivity index (χ2v) is 6.80. The van der Waals surface area contributed by atoms with Gasteiger partial charge in [0.2, 0.25) is 5.91 Å². The summed E-state index contributed by atoms with van der Waals surface area (Å²) >= 11 is 6.91. The Hall–Kier alpha value is -2.85. The molecule has 0 fully saturated rings. The number of nitro benzene ring substituents is 1. The fourth-order valence-electron chi connectivity index (χ4n) is 2.60. The number of non-ortho nitro benzene ring substituents is 1. The summed E-state index contributed by atoms with van der Waals surface area (Å²) in [7, 11) is 0. The van der Waals surface area contributed by atoms with Gasteiger partial charge in [0.25, 0.3) is 17.5 Å². The number of nitrogens with zero attached hydrogens (tertiary/aromatic N) is 3. The third kappa shape index (κ3) is 3.96. The highest BCUT2D eigenvalue weighted by atomic mass is 35.5. The predicted molar refractivity (Wildman–Crippen MR) is 98.0 cm³/mol. The number of alkyl halides is 1. The minimum absolute atomic E-state index is 0.00930. The van der Waals surface area contributed by atoms with Crippen LogP contribution in [0.15, 0.2) is 23.6 Å². The number of anilines is 1. The number of amides is 3. The highest BCUT2D eigenvalue weighted by molar-refractivity contribution is 7.13. The number of carbonyl (C=O) groups is 3. The molecule has 3 amide bonds. The number of halogens is 1. The van der Waals surface area contributed by atoms with E-state index in [-0.39, 0.29) is 48.0 Å². The highest BCUT2D eigenvalue weighted by Crippen LogP contribution is 2.27. The molecule has 2 heterocycles. The molecule has 2 aromatic rings. The number of nitrogens with one attached hydrogen (secondary N) is 1. The van der Waals surface area contributed by atoms with E-state index in [1.807, 2.05) is 0 Å². The zero-order chi connectivity index (χ0) is 19.6. The van der Waals surface area contributed by atoms with Crippen LogP contribution in [0.25, 0.3) is 0 Å². The fraction of sp³-hybridized carbons (Fsp3) is 0.250. The minimum Gasteiger partial charge on any atom is -0.302 e. The molecule has 27 heavy (non-hydrogen) atoms. The van der Waals surface area contributed by atoms with E-state index in [4.69, 9.17) is 11.6 Å². The first-order valence-electron chi connectivity index (χ1n) is 7.85. The summed E-state index contributed by atoms with van der Waals surface area (Å²) in [5, 5.41) is 15.6. The van der Waals surface area contributed by atoms with E-state index in [0.717, 1.165) is 11.0 Å². The Balaban J connectivity index is 1.56. The van der Waals surface area contributed by atoms with E-state index < -0.39 is 16.7 Å². The maximum Gasteiger partial charge on any atom is 0.270 e. The topological polar surface area (TPSA) is 123 Å². The van der Waals surface area contributed by atoms with Crippen molar-refractivity contribution in [3.8, 4) is 0 Å². The molecule has 0 saturated heterocycles. The van der Waals surface area contributed by atoms with Gasteiger partial charge in [-0.2, -0.15) is 0 Å². The van der Waals surface area contributed by atoms with Crippen LogP contribution >= 0.6 is 22.9 Å². The zero-order valence-corrected chi connectivity index (χ0v) is 15.4. The molecule has 1 aliphatic heterocycles. The lowest BCUT2D eigenvalue weighted by atomic mass is 10.1. The van der Waals surface area contributed by atoms with Crippen molar-refractivity contribution in [3.05, 3.63) is 50.5 Å². The van der Waals surface area contributed by atoms with Crippen LogP contribution in [-0.4, -0.2) is 39.1 Å². The van der Waals surface area contributed by atoms with E-state index in [0.29, 0.717) is 10.8 Å². The first-order chi connectivity index (χ1) is 12.9. The van der Waals surface area contributed by atoms with Crippen molar-refractivity contribution >= 4 is 51.5 Å². The van der Waals surface area contributed by atoms with Crippen LogP contribution in [0.4, 0.5) is 10.8 Å².